The van der Waals surface area contributed by atoms with Crippen molar-refractivity contribution in [2.24, 2.45) is 56.7 Å². The molecule has 9 nitrogen and oxygen atoms in total. The molecule has 10 heteroatoms. The van der Waals surface area contributed by atoms with Crippen LogP contribution >= 0.6 is 0 Å². The highest BCUT2D eigenvalue weighted by Crippen LogP contribution is 2.76. The molecule has 0 amide bonds. The monoisotopic (exact) mass is 831 g/mol. The topological polar surface area (TPSA) is 122 Å². The van der Waals surface area contributed by atoms with Crippen LogP contribution in [-0.2, 0) is 14.6 Å². The van der Waals surface area contributed by atoms with Gasteiger partial charge in [0.25, 0.3) is 0 Å². The van der Waals surface area contributed by atoms with Crippen LogP contribution in [0.5, 0.6) is 6.01 Å². The maximum absolute atomic E-state index is 12.8. The molecule has 0 radical (unpaired) electrons. The van der Waals surface area contributed by atoms with Crippen molar-refractivity contribution < 1.29 is 23.1 Å². The number of ether oxygens (including phenoxy) is 1. The Hall–Kier alpha value is -2.56. The van der Waals surface area contributed by atoms with E-state index in [0.717, 1.165) is 31.6 Å². The first-order valence-corrected chi connectivity index (χ1v) is 25.0. The van der Waals surface area contributed by atoms with E-state index in [1.54, 1.807) is 6.20 Å². The highest BCUT2D eigenvalue weighted by molar-refractivity contribution is 7.91. The fourth-order valence-electron chi connectivity index (χ4n) is 15.5. The van der Waals surface area contributed by atoms with Crippen molar-refractivity contribution in [2.75, 3.05) is 44.3 Å². The van der Waals surface area contributed by atoms with Gasteiger partial charge in [-0.05, 0) is 166 Å². The second-order valence-corrected chi connectivity index (χ2v) is 24.2. The zero-order chi connectivity index (χ0) is 42.2. The van der Waals surface area contributed by atoms with E-state index in [9.17, 15) is 18.3 Å². The van der Waals surface area contributed by atoms with E-state index in [1.165, 1.54) is 68.1 Å². The number of rotatable bonds is 11. The highest BCUT2D eigenvalue weighted by Gasteiger charge is 2.70. The van der Waals surface area contributed by atoms with Crippen molar-refractivity contribution in [1.82, 2.24) is 20.2 Å². The molecular formula is C49H74N4O5S. The van der Waals surface area contributed by atoms with Gasteiger partial charge < -0.3 is 20.1 Å². The maximum atomic E-state index is 12.8. The van der Waals surface area contributed by atoms with Crippen LogP contribution in [0.25, 0.3) is 0 Å². The van der Waals surface area contributed by atoms with E-state index in [0.29, 0.717) is 79.5 Å². The van der Waals surface area contributed by atoms with Gasteiger partial charge in [0.05, 0.1) is 23.5 Å². The van der Waals surface area contributed by atoms with Crippen LogP contribution in [0.15, 0.2) is 47.7 Å². The largest absolute Gasteiger partial charge is 0.481 e. The lowest BCUT2D eigenvalue weighted by molar-refractivity contribution is -0.221. The number of carboxylic acids is 1. The number of aromatic nitrogens is 2. The first-order valence-electron chi connectivity index (χ1n) is 23.2. The summed E-state index contributed by atoms with van der Waals surface area (Å²) >= 11 is 0. The van der Waals surface area contributed by atoms with Crippen LogP contribution in [0, 0.1) is 63.6 Å². The average Bonchev–Trinajstić information content (AvgIpc) is 3.56. The lowest BCUT2D eigenvalue weighted by Gasteiger charge is -2.72. The number of carboxylic acid groups (broad SMARTS) is 1. The molecule has 0 bridgehead atoms. The number of hydrogen-bond donors (Lipinski definition) is 2. The molecule has 1 aromatic heterocycles. The van der Waals surface area contributed by atoms with Crippen LogP contribution in [0.3, 0.4) is 0 Å². The van der Waals surface area contributed by atoms with E-state index in [4.69, 9.17) is 4.74 Å². The van der Waals surface area contributed by atoms with Crippen LogP contribution in [0.2, 0.25) is 0 Å². The third-order valence-corrected chi connectivity index (χ3v) is 20.6. The summed E-state index contributed by atoms with van der Waals surface area (Å²) in [6, 6.07) is 2.14. The Kier molecular flexibility index (Phi) is 11.2. The first kappa shape index (κ1) is 43.1. The predicted molar refractivity (Wildman–Crippen MR) is 235 cm³/mol. The normalized spacial score (nSPS) is 41.3. The summed E-state index contributed by atoms with van der Waals surface area (Å²) in [5.74, 6) is 2.89. The molecule has 1 saturated heterocycles. The van der Waals surface area contributed by atoms with Crippen molar-refractivity contribution in [3.05, 3.63) is 53.4 Å². The van der Waals surface area contributed by atoms with Crippen molar-refractivity contribution in [2.45, 2.75) is 137 Å². The number of fused-ring (bicyclic) bond motifs is 7. The SMILES string of the molecule is C=C(C)[C@@H]1CCC2(NCCN3CCS(=O)(=O)CC3)CC[C@]3(C)[C@H](CC[C@@H]4C5(C)CC=C(C6=CCC(CCOc7nccc(C)n7)(C(=O)O)CC6)C(C)(C)[C@@H]5CC[C@]43C)[C@@H]12. The molecule has 10 atom stereocenters. The summed E-state index contributed by atoms with van der Waals surface area (Å²) in [6.45, 7) is 25.4. The van der Waals surface area contributed by atoms with Gasteiger partial charge >= 0.3 is 12.0 Å². The molecule has 2 N–H and O–H groups in total. The van der Waals surface area contributed by atoms with E-state index in [-0.39, 0.29) is 33.8 Å². The standard InChI is InChI=1S/C49H74N4O5S/c1-33(2)36-13-21-49(51-26-27-53-28-31-59(56,57)32-29-53)23-22-46(7)38(41(36)49)9-10-40-45(6)17-14-37(44(4,5)39(45)15-18-47(40,46)8)35-11-19-48(20-12-35,42(54)55)24-30-58-43-50-25-16-34(3)52-43/h11,14,16,25,36,38-41,51H,1,9-10,12-13,15,17-24,26-32H2,2-8H3,(H,54,55)/t36-,38+,39-,40+,41+,45?,46+,47+,48?,49?/m0/s1. The number of sulfone groups is 1. The number of hydrogen-bond acceptors (Lipinski definition) is 8. The van der Waals surface area contributed by atoms with Gasteiger partial charge in [-0.3, -0.25) is 4.79 Å². The molecule has 0 aromatic carbocycles. The second kappa shape index (κ2) is 15.4. The molecule has 6 aliphatic carbocycles. The molecule has 2 heterocycles. The Balaban J connectivity index is 0.991. The highest BCUT2D eigenvalue weighted by atomic mass is 32.2. The molecule has 4 saturated carbocycles. The smallest absolute Gasteiger partial charge is 0.316 e. The number of carbonyl (C=O) groups is 1. The van der Waals surface area contributed by atoms with E-state index < -0.39 is 21.2 Å². The fourth-order valence-corrected chi connectivity index (χ4v) is 16.8. The Morgan fingerprint density at radius 1 is 0.966 bits per heavy atom. The molecule has 1 aromatic rings. The van der Waals surface area contributed by atoms with Gasteiger partial charge in [0.1, 0.15) is 0 Å². The summed E-state index contributed by atoms with van der Waals surface area (Å²) in [4.78, 5) is 23.7. The third-order valence-electron chi connectivity index (χ3n) is 19.0. The Morgan fingerprint density at radius 3 is 2.41 bits per heavy atom. The van der Waals surface area contributed by atoms with Crippen LogP contribution in [-0.4, -0.2) is 84.2 Å². The minimum Gasteiger partial charge on any atom is -0.481 e. The zero-order valence-electron chi connectivity index (χ0n) is 37.4. The van der Waals surface area contributed by atoms with Gasteiger partial charge in [0.2, 0.25) is 0 Å². The third kappa shape index (κ3) is 7.19. The van der Waals surface area contributed by atoms with E-state index in [2.05, 4.69) is 80.5 Å². The lowest BCUT2D eigenvalue weighted by Crippen LogP contribution is -2.68. The number of aliphatic carboxylic acids is 1. The van der Waals surface area contributed by atoms with Crippen LogP contribution < -0.4 is 10.1 Å². The molecular weight excluding hydrogens is 757 g/mol. The molecule has 3 unspecified atom stereocenters. The Bertz CT molecular complexity index is 1980. The molecule has 8 rings (SSSR count). The molecule has 1 aliphatic heterocycles. The second-order valence-electron chi connectivity index (χ2n) is 21.9. The summed E-state index contributed by atoms with van der Waals surface area (Å²) < 4.78 is 30.0. The molecule has 59 heavy (non-hydrogen) atoms. The van der Waals surface area contributed by atoms with Crippen LogP contribution in [0.4, 0.5) is 0 Å². The number of aryl methyl sites for hydroxylation is 1. The molecule has 0 spiro atoms. The Labute approximate surface area is 355 Å². The van der Waals surface area contributed by atoms with Crippen LogP contribution in [0.1, 0.15) is 131 Å². The zero-order valence-corrected chi connectivity index (χ0v) is 38.2. The quantitative estimate of drug-likeness (QED) is 0.211. The number of nitrogens with zero attached hydrogens (tertiary/aromatic N) is 3. The maximum Gasteiger partial charge on any atom is 0.316 e. The van der Waals surface area contributed by atoms with Gasteiger partial charge in [-0.25, -0.2) is 18.4 Å². The van der Waals surface area contributed by atoms with E-state index in [1.807, 2.05) is 13.0 Å². The van der Waals surface area contributed by atoms with Gasteiger partial charge in [-0.2, -0.15) is 0 Å². The van der Waals surface area contributed by atoms with Gasteiger partial charge in [0.15, 0.2) is 9.84 Å². The minimum absolute atomic E-state index is 0.00738. The lowest BCUT2D eigenvalue weighted by atomic mass is 9.33. The summed E-state index contributed by atoms with van der Waals surface area (Å²) in [6.07, 6.45) is 20.1. The van der Waals surface area contributed by atoms with Crippen molar-refractivity contribution >= 4 is 15.8 Å². The minimum atomic E-state index is -2.87. The summed E-state index contributed by atoms with van der Waals surface area (Å²) in [7, 11) is -2.87. The fraction of sp³-hybridized carbons (Fsp3) is 0.776. The van der Waals surface area contributed by atoms with Gasteiger partial charge in [-0.1, -0.05) is 58.9 Å². The van der Waals surface area contributed by atoms with Gasteiger partial charge in [0, 0.05) is 43.6 Å². The summed E-state index contributed by atoms with van der Waals surface area (Å²) in [5.41, 5.74) is 5.07. The molecule has 326 valence electrons. The molecule has 7 aliphatic rings. The predicted octanol–water partition coefficient (Wildman–Crippen LogP) is 9.00. The van der Waals surface area contributed by atoms with Crippen molar-refractivity contribution in [3.8, 4) is 6.01 Å². The van der Waals surface area contributed by atoms with Gasteiger partial charge in [-0.15, -0.1) is 0 Å². The van der Waals surface area contributed by atoms with Crippen molar-refractivity contribution in [1.29, 1.82) is 0 Å². The number of allylic oxidation sites excluding steroid dienone is 5. The first-order chi connectivity index (χ1) is 27.8. The van der Waals surface area contributed by atoms with Crippen molar-refractivity contribution in [3.63, 3.8) is 0 Å². The Morgan fingerprint density at radius 2 is 1.73 bits per heavy atom. The number of nitrogens with one attached hydrogen (secondary N) is 1. The average molecular weight is 831 g/mol. The van der Waals surface area contributed by atoms with E-state index >= 15 is 0 Å². The summed E-state index contributed by atoms with van der Waals surface area (Å²) in [5, 5.41) is 14.7. The molecule has 5 fully saturated rings.